The Morgan fingerprint density at radius 2 is 2.08 bits per heavy atom. The number of thiazole rings is 1. The Morgan fingerprint density at radius 3 is 2.96 bits per heavy atom. The van der Waals surface area contributed by atoms with E-state index in [4.69, 9.17) is 9.47 Å². The molecular formula is C18H12N2O3S. The van der Waals surface area contributed by atoms with Crippen LogP contribution in [0.3, 0.4) is 0 Å². The molecule has 0 saturated heterocycles. The number of carbonyl (C=O) groups is 1. The largest absolute Gasteiger partial charge is 0.454 e. The topological polar surface area (TPSA) is 61.3 Å². The lowest BCUT2D eigenvalue weighted by Crippen LogP contribution is -1.94. The van der Waals surface area contributed by atoms with Crippen molar-refractivity contribution in [2.24, 2.45) is 0 Å². The number of ketones is 1. The maximum absolute atomic E-state index is 12.3. The predicted molar refractivity (Wildman–Crippen MR) is 91.3 cm³/mol. The fourth-order valence-electron chi connectivity index (χ4n) is 2.28. The number of benzene rings is 1. The van der Waals surface area contributed by atoms with Gasteiger partial charge in [-0.05, 0) is 42.5 Å². The highest BCUT2D eigenvalue weighted by molar-refractivity contribution is 7.13. The SMILES string of the molecule is O=C(/C=C/c1csc(-c2ccccn2)n1)c1ccc2c(c1)OCO2. The molecule has 4 rings (SSSR count). The van der Waals surface area contributed by atoms with Gasteiger partial charge in [-0.1, -0.05) is 6.07 Å². The number of hydrogen-bond acceptors (Lipinski definition) is 6. The van der Waals surface area contributed by atoms with E-state index in [1.165, 1.54) is 17.4 Å². The van der Waals surface area contributed by atoms with Crippen molar-refractivity contribution in [3.8, 4) is 22.2 Å². The highest BCUT2D eigenvalue weighted by atomic mass is 32.1. The number of fused-ring (bicyclic) bond motifs is 1. The fraction of sp³-hybridized carbons (Fsp3) is 0.0556. The van der Waals surface area contributed by atoms with Gasteiger partial charge in [-0.15, -0.1) is 11.3 Å². The van der Waals surface area contributed by atoms with E-state index < -0.39 is 0 Å². The standard InChI is InChI=1S/C18H12N2O3S/c21-15(12-4-7-16-17(9-12)23-11-22-16)6-5-13-10-24-18(20-13)14-3-1-2-8-19-14/h1-10H,11H2/b6-5+. The smallest absolute Gasteiger partial charge is 0.231 e. The summed E-state index contributed by atoms with van der Waals surface area (Å²) in [7, 11) is 0. The predicted octanol–water partition coefficient (Wildman–Crippen LogP) is 3.83. The van der Waals surface area contributed by atoms with Gasteiger partial charge in [0.1, 0.15) is 5.01 Å². The molecule has 1 aromatic carbocycles. The third-order valence-corrected chi connectivity index (χ3v) is 4.35. The molecule has 0 radical (unpaired) electrons. The number of hydrogen-bond donors (Lipinski definition) is 0. The average molecular weight is 336 g/mol. The lowest BCUT2D eigenvalue weighted by Gasteiger charge is -1.98. The number of allylic oxidation sites excluding steroid dienone is 1. The molecular weight excluding hydrogens is 324 g/mol. The van der Waals surface area contributed by atoms with E-state index in [2.05, 4.69) is 9.97 Å². The number of carbonyl (C=O) groups excluding carboxylic acids is 1. The minimum Gasteiger partial charge on any atom is -0.454 e. The van der Waals surface area contributed by atoms with Crippen molar-refractivity contribution < 1.29 is 14.3 Å². The zero-order valence-electron chi connectivity index (χ0n) is 12.5. The normalized spacial score (nSPS) is 12.7. The molecule has 6 heteroatoms. The van der Waals surface area contributed by atoms with E-state index in [1.807, 2.05) is 23.6 Å². The quantitative estimate of drug-likeness (QED) is 0.535. The molecule has 0 amide bonds. The molecule has 3 aromatic rings. The van der Waals surface area contributed by atoms with Crippen molar-refractivity contribution in [3.63, 3.8) is 0 Å². The molecule has 0 fully saturated rings. The fourth-order valence-corrected chi connectivity index (χ4v) is 3.04. The van der Waals surface area contributed by atoms with Crippen molar-refractivity contribution in [2.45, 2.75) is 0 Å². The van der Waals surface area contributed by atoms with Gasteiger partial charge in [0.25, 0.3) is 0 Å². The van der Waals surface area contributed by atoms with Crippen molar-refractivity contribution in [1.82, 2.24) is 9.97 Å². The zero-order valence-corrected chi connectivity index (χ0v) is 13.3. The van der Waals surface area contributed by atoms with Crippen LogP contribution in [0.15, 0.2) is 54.1 Å². The number of ether oxygens (including phenoxy) is 2. The molecule has 0 aliphatic carbocycles. The Hall–Kier alpha value is -2.99. The number of rotatable bonds is 4. The van der Waals surface area contributed by atoms with E-state index in [0.717, 1.165) is 16.4 Å². The molecule has 0 saturated carbocycles. The maximum Gasteiger partial charge on any atom is 0.231 e. The second kappa shape index (κ2) is 6.25. The summed E-state index contributed by atoms with van der Waals surface area (Å²) in [5.74, 6) is 1.15. The lowest BCUT2D eigenvalue weighted by atomic mass is 10.1. The number of aromatic nitrogens is 2. The molecule has 5 nitrogen and oxygen atoms in total. The van der Waals surface area contributed by atoms with Gasteiger partial charge in [0.15, 0.2) is 17.3 Å². The Balaban J connectivity index is 1.51. The van der Waals surface area contributed by atoms with Crippen LogP contribution in [0.5, 0.6) is 11.5 Å². The molecule has 24 heavy (non-hydrogen) atoms. The van der Waals surface area contributed by atoms with Crippen LogP contribution in [0.4, 0.5) is 0 Å². The third kappa shape index (κ3) is 2.91. The summed E-state index contributed by atoms with van der Waals surface area (Å²) >= 11 is 1.49. The van der Waals surface area contributed by atoms with Crippen molar-refractivity contribution >= 4 is 23.2 Å². The van der Waals surface area contributed by atoms with E-state index in [-0.39, 0.29) is 12.6 Å². The summed E-state index contributed by atoms with van der Waals surface area (Å²) in [4.78, 5) is 21.0. The molecule has 0 atom stereocenters. The lowest BCUT2D eigenvalue weighted by molar-refractivity contribution is 0.104. The van der Waals surface area contributed by atoms with Gasteiger partial charge < -0.3 is 9.47 Å². The summed E-state index contributed by atoms with van der Waals surface area (Å²) < 4.78 is 10.5. The summed E-state index contributed by atoms with van der Waals surface area (Å²) in [6, 6.07) is 10.8. The number of pyridine rings is 1. The Kier molecular flexibility index (Phi) is 3.80. The molecule has 2 aromatic heterocycles. The van der Waals surface area contributed by atoms with Gasteiger partial charge in [0, 0.05) is 17.1 Å². The first-order chi connectivity index (χ1) is 11.8. The monoisotopic (exact) mass is 336 g/mol. The Morgan fingerprint density at radius 1 is 1.17 bits per heavy atom. The first-order valence-corrected chi connectivity index (χ1v) is 8.16. The van der Waals surface area contributed by atoms with Crippen LogP contribution in [-0.2, 0) is 0 Å². The average Bonchev–Trinajstić information content (AvgIpc) is 3.29. The Bertz CT molecular complexity index is 919. The highest BCUT2D eigenvalue weighted by Crippen LogP contribution is 2.32. The molecule has 118 valence electrons. The van der Waals surface area contributed by atoms with Crippen molar-refractivity contribution in [3.05, 3.63) is 65.3 Å². The zero-order chi connectivity index (χ0) is 16.4. The van der Waals surface area contributed by atoms with Gasteiger partial charge in [-0.3, -0.25) is 9.78 Å². The van der Waals surface area contributed by atoms with Gasteiger partial charge in [0.05, 0.1) is 11.4 Å². The summed E-state index contributed by atoms with van der Waals surface area (Å²) in [6.45, 7) is 0.192. The van der Waals surface area contributed by atoms with Crippen LogP contribution < -0.4 is 9.47 Å². The van der Waals surface area contributed by atoms with Gasteiger partial charge in [0.2, 0.25) is 6.79 Å². The molecule has 0 bridgehead atoms. The molecule has 0 spiro atoms. The van der Waals surface area contributed by atoms with Crippen LogP contribution >= 0.6 is 11.3 Å². The van der Waals surface area contributed by atoms with E-state index >= 15 is 0 Å². The van der Waals surface area contributed by atoms with Crippen LogP contribution in [0.2, 0.25) is 0 Å². The summed E-state index contributed by atoms with van der Waals surface area (Å²) in [5, 5.41) is 2.72. The summed E-state index contributed by atoms with van der Waals surface area (Å²) in [6.07, 6.45) is 4.94. The van der Waals surface area contributed by atoms with Crippen LogP contribution in [0.25, 0.3) is 16.8 Å². The van der Waals surface area contributed by atoms with Crippen molar-refractivity contribution in [1.29, 1.82) is 0 Å². The minimum atomic E-state index is -0.110. The maximum atomic E-state index is 12.3. The van der Waals surface area contributed by atoms with Crippen LogP contribution in [0.1, 0.15) is 16.1 Å². The highest BCUT2D eigenvalue weighted by Gasteiger charge is 2.15. The van der Waals surface area contributed by atoms with E-state index in [1.54, 1.807) is 30.5 Å². The van der Waals surface area contributed by atoms with Crippen molar-refractivity contribution in [2.75, 3.05) is 6.79 Å². The van der Waals surface area contributed by atoms with Gasteiger partial charge >= 0.3 is 0 Å². The molecule has 3 heterocycles. The second-order valence-electron chi connectivity index (χ2n) is 5.06. The van der Waals surface area contributed by atoms with Crippen LogP contribution in [-0.4, -0.2) is 22.5 Å². The minimum absolute atomic E-state index is 0.110. The number of nitrogens with zero attached hydrogens (tertiary/aromatic N) is 2. The first kappa shape index (κ1) is 14.6. The van der Waals surface area contributed by atoms with E-state index in [0.29, 0.717) is 17.1 Å². The van der Waals surface area contributed by atoms with Gasteiger partial charge in [-0.25, -0.2) is 4.98 Å². The van der Waals surface area contributed by atoms with Gasteiger partial charge in [-0.2, -0.15) is 0 Å². The molecule has 1 aliphatic rings. The Labute approximate surface area is 142 Å². The van der Waals surface area contributed by atoms with Crippen LogP contribution in [0, 0.1) is 0 Å². The third-order valence-electron chi connectivity index (χ3n) is 3.47. The molecule has 0 unspecified atom stereocenters. The molecule has 1 aliphatic heterocycles. The van der Waals surface area contributed by atoms with E-state index in [9.17, 15) is 4.79 Å². The second-order valence-corrected chi connectivity index (χ2v) is 5.92. The molecule has 0 N–H and O–H groups in total. The first-order valence-electron chi connectivity index (χ1n) is 7.28. The summed E-state index contributed by atoms with van der Waals surface area (Å²) in [5.41, 5.74) is 2.11.